The molecule has 0 amide bonds. The van der Waals surface area contributed by atoms with Crippen molar-refractivity contribution >= 4 is 0 Å². The molecule has 2 atom stereocenters. The summed E-state index contributed by atoms with van der Waals surface area (Å²) in [7, 11) is 0. The molecule has 1 fully saturated rings. The number of hydrogen-bond donors (Lipinski definition) is 2. The molecule has 0 bridgehead atoms. The van der Waals surface area contributed by atoms with Crippen LogP contribution in [0.4, 0.5) is 0 Å². The summed E-state index contributed by atoms with van der Waals surface area (Å²) >= 11 is 0. The standard InChI is InChI=1S/C14H29NO3/c1-12(2)15-14(3,11-16)7-9-17-10-13-6-4-5-8-18-13/h12-13,15-16H,4-11H2,1-3H3. The van der Waals surface area contributed by atoms with E-state index >= 15 is 0 Å². The molecule has 1 rings (SSSR count). The van der Waals surface area contributed by atoms with E-state index in [1.54, 1.807) is 0 Å². The van der Waals surface area contributed by atoms with Crippen molar-refractivity contribution in [1.82, 2.24) is 5.32 Å². The summed E-state index contributed by atoms with van der Waals surface area (Å²) < 4.78 is 11.3. The summed E-state index contributed by atoms with van der Waals surface area (Å²) in [6.45, 7) is 8.56. The highest BCUT2D eigenvalue weighted by atomic mass is 16.5. The van der Waals surface area contributed by atoms with Crippen LogP contribution in [0.5, 0.6) is 0 Å². The van der Waals surface area contributed by atoms with Gasteiger partial charge in [-0.15, -0.1) is 0 Å². The average Bonchev–Trinajstić information content (AvgIpc) is 2.35. The lowest BCUT2D eigenvalue weighted by atomic mass is 9.98. The van der Waals surface area contributed by atoms with Crippen LogP contribution in [-0.2, 0) is 9.47 Å². The van der Waals surface area contributed by atoms with Gasteiger partial charge in [-0.1, -0.05) is 13.8 Å². The molecule has 0 aromatic carbocycles. The second kappa shape index (κ2) is 8.10. The molecule has 0 aromatic heterocycles. The molecular weight excluding hydrogens is 230 g/mol. The average molecular weight is 259 g/mol. The van der Waals surface area contributed by atoms with Gasteiger partial charge < -0.3 is 19.9 Å². The molecule has 0 saturated carbocycles. The molecule has 0 spiro atoms. The zero-order chi connectivity index (χ0) is 13.4. The predicted molar refractivity (Wildman–Crippen MR) is 72.8 cm³/mol. The molecule has 4 nitrogen and oxygen atoms in total. The molecule has 0 aliphatic carbocycles. The molecule has 1 aliphatic rings. The van der Waals surface area contributed by atoms with Crippen molar-refractivity contribution in [3.63, 3.8) is 0 Å². The monoisotopic (exact) mass is 259 g/mol. The molecule has 0 aromatic rings. The van der Waals surface area contributed by atoms with Crippen molar-refractivity contribution in [2.24, 2.45) is 0 Å². The first-order chi connectivity index (χ1) is 8.56. The molecule has 2 unspecified atom stereocenters. The molecule has 4 heteroatoms. The molecule has 1 heterocycles. The van der Waals surface area contributed by atoms with Crippen molar-refractivity contribution in [3.05, 3.63) is 0 Å². The van der Waals surface area contributed by atoms with Crippen molar-refractivity contribution in [1.29, 1.82) is 0 Å². The van der Waals surface area contributed by atoms with Crippen LogP contribution in [0.1, 0.15) is 46.5 Å². The van der Waals surface area contributed by atoms with E-state index in [0.717, 1.165) is 19.4 Å². The van der Waals surface area contributed by atoms with Gasteiger partial charge in [0.1, 0.15) is 0 Å². The van der Waals surface area contributed by atoms with Crippen LogP contribution in [0.25, 0.3) is 0 Å². The highest BCUT2D eigenvalue weighted by molar-refractivity contribution is 4.83. The summed E-state index contributed by atoms with van der Waals surface area (Å²) in [5, 5.41) is 12.8. The maximum absolute atomic E-state index is 9.44. The van der Waals surface area contributed by atoms with Gasteiger partial charge in [0, 0.05) is 24.8 Å². The lowest BCUT2D eigenvalue weighted by molar-refractivity contribution is -0.0447. The quantitative estimate of drug-likeness (QED) is 0.652. The second-order valence-corrected chi connectivity index (χ2v) is 5.83. The maximum atomic E-state index is 9.44. The largest absolute Gasteiger partial charge is 0.394 e. The lowest BCUT2D eigenvalue weighted by Crippen LogP contribution is -2.49. The zero-order valence-corrected chi connectivity index (χ0v) is 12.1. The fraction of sp³-hybridized carbons (Fsp3) is 1.00. The Morgan fingerprint density at radius 1 is 1.44 bits per heavy atom. The number of aliphatic hydroxyl groups is 1. The molecule has 2 N–H and O–H groups in total. The summed E-state index contributed by atoms with van der Waals surface area (Å²) in [5.74, 6) is 0. The normalized spacial score (nSPS) is 24.2. The topological polar surface area (TPSA) is 50.7 Å². The van der Waals surface area contributed by atoms with Gasteiger partial charge in [0.25, 0.3) is 0 Å². The van der Waals surface area contributed by atoms with Gasteiger partial charge in [-0.05, 0) is 32.6 Å². The van der Waals surface area contributed by atoms with Gasteiger partial charge in [-0.2, -0.15) is 0 Å². The highest BCUT2D eigenvalue weighted by Crippen LogP contribution is 2.14. The van der Waals surface area contributed by atoms with Crippen LogP contribution in [0.2, 0.25) is 0 Å². The van der Waals surface area contributed by atoms with Crippen molar-refractivity contribution in [2.75, 3.05) is 26.4 Å². The van der Waals surface area contributed by atoms with Crippen LogP contribution in [0.15, 0.2) is 0 Å². The number of aliphatic hydroxyl groups excluding tert-OH is 1. The Hall–Kier alpha value is -0.160. The molecule has 1 aliphatic heterocycles. The molecule has 18 heavy (non-hydrogen) atoms. The minimum absolute atomic E-state index is 0.133. The van der Waals surface area contributed by atoms with Crippen LogP contribution in [-0.4, -0.2) is 49.2 Å². The third-order valence-corrected chi connectivity index (χ3v) is 3.36. The summed E-state index contributed by atoms with van der Waals surface area (Å²) in [5.41, 5.74) is -0.248. The summed E-state index contributed by atoms with van der Waals surface area (Å²) in [6, 6.07) is 0.365. The van der Waals surface area contributed by atoms with Crippen molar-refractivity contribution in [2.45, 2.75) is 64.1 Å². The van der Waals surface area contributed by atoms with Gasteiger partial charge in [0.05, 0.1) is 19.3 Å². The summed E-state index contributed by atoms with van der Waals surface area (Å²) in [4.78, 5) is 0. The number of ether oxygens (including phenoxy) is 2. The predicted octanol–water partition coefficient (Wildman–Crippen LogP) is 1.71. The number of hydrogen-bond acceptors (Lipinski definition) is 4. The smallest absolute Gasteiger partial charge is 0.0808 e. The van der Waals surface area contributed by atoms with Gasteiger partial charge >= 0.3 is 0 Å². The molecule has 1 saturated heterocycles. The molecule has 0 radical (unpaired) electrons. The van der Waals surface area contributed by atoms with Crippen LogP contribution >= 0.6 is 0 Å². The van der Waals surface area contributed by atoms with E-state index < -0.39 is 0 Å². The van der Waals surface area contributed by atoms with E-state index in [0.29, 0.717) is 19.3 Å². The van der Waals surface area contributed by atoms with E-state index in [1.807, 2.05) is 6.92 Å². The van der Waals surface area contributed by atoms with Crippen molar-refractivity contribution in [3.8, 4) is 0 Å². The first-order valence-corrected chi connectivity index (χ1v) is 7.13. The Kier molecular flexibility index (Phi) is 7.15. The lowest BCUT2D eigenvalue weighted by Gasteiger charge is -2.31. The first-order valence-electron chi connectivity index (χ1n) is 7.13. The van der Waals surface area contributed by atoms with Crippen LogP contribution in [0, 0.1) is 0 Å². The third-order valence-electron chi connectivity index (χ3n) is 3.36. The zero-order valence-electron chi connectivity index (χ0n) is 12.1. The van der Waals surface area contributed by atoms with E-state index in [4.69, 9.17) is 9.47 Å². The number of rotatable bonds is 8. The van der Waals surface area contributed by atoms with Gasteiger partial charge in [0.2, 0.25) is 0 Å². The second-order valence-electron chi connectivity index (χ2n) is 5.83. The highest BCUT2D eigenvalue weighted by Gasteiger charge is 2.23. The van der Waals surface area contributed by atoms with Crippen LogP contribution < -0.4 is 5.32 Å². The Balaban J connectivity index is 2.14. The van der Waals surface area contributed by atoms with E-state index in [9.17, 15) is 5.11 Å². The minimum Gasteiger partial charge on any atom is -0.394 e. The van der Waals surface area contributed by atoms with E-state index in [-0.39, 0.29) is 18.2 Å². The van der Waals surface area contributed by atoms with Gasteiger partial charge in [0.15, 0.2) is 0 Å². The maximum Gasteiger partial charge on any atom is 0.0808 e. The molecule has 108 valence electrons. The van der Waals surface area contributed by atoms with Gasteiger partial charge in [-0.25, -0.2) is 0 Å². The first kappa shape index (κ1) is 15.9. The SMILES string of the molecule is CC(C)NC(C)(CO)CCOCC1CCCCO1. The summed E-state index contributed by atoms with van der Waals surface area (Å²) in [6.07, 6.45) is 4.63. The third kappa shape index (κ3) is 6.14. The Labute approximate surface area is 111 Å². The van der Waals surface area contributed by atoms with Gasteiger partial charge in [-0.3, -0.25) is 0 Å². The van der Waals surface area contributed by atoms with Crippen LogP contribution in [0.3, 0.4) is 0 Å². The van der Waals surface area contributed by atoms with E-state index in [2.05, 4.69) is 19.2 Å². The Bertz CT molecular complexity index is 217. The minimum atomic E-state index is -0.248. The fourth-order valence-corrected chi connectivity index (χ4v) is 2.34. The fourth-order valence-electron chi connectivity index (χ4n) is 2.34. The van der Waals surface area contributed by atoms with E-state index in [1.165, 1.54) is 12.8 Å². The Morgan fingerprint density at radius 2 is 2.22 bits per heavy atom. The molecular formula is C14H29NO3. The Morgan fingerprint density at radius 3 is 2.78 bits per heavy atom. The van der Waals surface area contributed by atoms with Crippen molar-refractivity contribution < 1.29 is 14.6 Å². The number of nitrogens with one attached hydrogen (secondary N) is 1.